The largest absolute Gasteiger partial charge is 0.361 e. The average Bonchev–Trinajstić information content (AvgIpc) is 3.64. The molecule has 58 heavy (non-hydrogen) atoms. The highest BCUT2D eigenvalue weighted by Gasteiger charge is 2.28. The minimum atomic E-state index is -4.61. The van der Waals surface area contributed by atoms with Crippen LogP contribution in [0.3, 0.4) is 0 Å². The molecule has 3 N–H and O–H groups in total. The highest BCUT2D eigenvalue weighted by atomic mass is 32.2. The van der Waals surface area contributed by atoms with Crippen LogP contribution in [0.4, 0.5) is 22.5 Å². The van der Waals surface area contributed by atoms with Gasteiger partial charge in [-0.2, -0.15) is 0 Å². The number of fused-ring (bicyclic) bond motifs is 2. The van der Waals surface area contributed by atoms with Gasteiger partial charge in [-0.3, -0.25) is 25.0 Å². The molecule has 0 aliphatic carbocycles. The monoisotopic (exact) mass is 837 g/mol. The summed E-state index contributed by atoms with van der Waals surface area (Å²) in [6, 6.07) is 28.2. The number of nitrogens with one attached hydrogen (secondary N) is 3. The Labute approximate surface area is 343 Å². The van der Waals surface area contributed by atoms with Crippen LogP contribution in [0.1, 0.15) is 38.4 Å². The summed E-state index contributed by atoms with van der Waals surface area (Å²) in [4.78, 5) is 55.9. The molecule has 0 fully saturated rings. The summed E-state index contributed by atoms with van der Waals surface area (Å²) < 4.78 is 29.9. The maximum Gasteiger partial charge on any atom is 0.312 e. The summed E-state index contributed by atoms with van der Waals surface area (Å²) in [6.45, 7) is 1.54. The van der Waals surface area contributed by atoms with E-state index in [1.54, 1.807) is 30.0 Å². The molecule has 298 valence electrons. The van der Waals surface area contributed by atoms with E-state index in [1.807, 2.05) is 95.3 Å². The third kappa shape index (κ3) is 9.59. The van der Waals surface area contributed by atoms with Crippen molar-refractivity contribution >= 4 is 77.6 Å². The fourth-order valence-electron chi connectivity index (χ4n) is 6.39. The Morgan fingerprint density at radius 2 is 1.76 bits per heavy atom. The van der Waals surface area contributed by atoms with E-state index in [-0.39, 0.29) is 23.5 Å². The van der Waals surface area contributed by atoms with Crippen LogP contribution < -0.4 is 20.3 Å². The molecular weight excluding hydrogens is 799 g/mol. The number of nitrogens with zero attached hydrogens (tertiary/aromatic N) is 6. The highest BCUT2D eigenvalue weighted by molar-refractivity contribution is 7.99. The van der Waals surface area contributed by atoms with Gasteiger partial charge in [0.25, 0.3) is 21.8 Å². The molecule has 3 aromatic heterocycles. The molecule has 0 bridgehead atoms. The second kappa shape index (κ2) is 17.7. The Bertz CT molecular complexity index is 2560. The Morgan fingerprint density at radius 1 is 0.983 bits per heavy atom. The number of hydrogen-bond acceptors (Lipinski definition) is 14. The molecule has 4 heterocycles. The van der Waals surface area contributed by atoms with Crippen molar-refractivity contribution in [2.45, 2.75) is 35.2 Å². The Kier molecular flexibility index (Phi) is 12.3. The molecule has 0 spiro atoms. The second-order valence-corrected chi connectivity index (χ2v) is 17.5. The molecular formula is C40H39N9O6S3. The number of anilines is 3. The zero-order chi connectivity index (χ0) is 40.8. The van der Waals surface area contributed by atoms with Gasteiger partial charge in [0.05, 0.1) is 21.3 Å². The number of sulfonamides is 1. The summed E-state index contributed by atoms with van der Waals surface area (Å²) in [6.07, 6.45) is 2.22. The lowest BCUT2D eigenvalue weighted by molar-refractivity contribution is -0.384. The van der Waals surface area contributed by atoms with E-state index in [4.69, 9.17) is 0 Å². The predicted octanol–water partition coefficient (Wildman–Crippen LogP) is 6.45. The van der Waals surface area contributed by atoms with Crippen LogP contribution >= 0.6 is 23.1 Å². The molecule has 2 amide bonds. The molecule has 1 atom stereocenters. The summed E-state index contributed by atoms with van der Waals surface area (Å²) in [5, 5.41) is 18.8. The maximum atomic E-state index is 13.5. The number of rotatable bonds is 15. The first-order valence-electron chi connectivity index (χ1n) is 18.2. The van der Waals surface area contributed by atoms with Gasteiger partial charge in [0, 0.05) is 41.4 Å². The zero-order valence-electron chi connectivity index (χ0n) is 31.5. The minimum Gasteiger partial charge on any atom is -0.361 e. The number of hydrogen-bond donors (Lipinski definition) is 3. The summed E-state index contributed by atoms with van der Waals surface area (Å²) in [5.41, 5.74) is 2.36. The van der Waals surface area contributed by atoms with Crippen molar-refractivity contribution in [1.29, 1.82) is 0 Å². The number of benzene rings is 3. The smallest absolute Gasteiger partial charge is 0.312 e. The second-order valence-electron chi connectivity index (χ2n) is 13.7. The number of amides is 2. The van der Waals surface area contributed by atoms with E-state index < -0.39 is 31.4 Å². The molecule has 18 heteroatoms. The fourth-order valence-corrected chi connectivity index (χ4v) is 9.17. The van der Waals surface area contributed by atoms with Crippen molar-refractivity contribution in [3.05, 3.63) is 136 Å². The van der Waals surface area contributed by atoms with Crippen molar-refractivity contribution in [1.82, 2.24) is 24.6 Å². The fraction of sp³-hybridized carbons (Fsp3) is 0.225. The third-order valence-corrected chi connectivity index (χ3v) is 12.8. The molecule has 0 saturated heterocycles. The summed E-state index contributed by atoms with van der Waals surface area (Å²) in [5.74, 6) is -0.429. The number of carbonyl (C=O) groups excluding carboxylic acids is 2. The van der Waals surface area contributed by atoms with Crippen LogP contribution in [0.15, 0.2) is 113 Å². The van der Waals surface area contributed by atoms with Gasteiger partial charge in [-0.05, 0) is 87.1 Å². The third-order valence-electron chi connectivity index (χ3n) is 9.36. The summed E-state index contributed by atoms with van der Waals surface area (Å²) >= 11 is 2.97. The van der Waals surface area contributed by atoms with Gasteiger partial charge in [0.2, 0.25) is 5.82 Å². The van der Waals surface area contributed by atoms with E-state index in [1.165, 1.54) is 17.4 Å². The van der Waals surface area contributed by atoms with Crippen LogP contribution in [0, 0.1) is 10.1 Å². The number of para-hydroxylation sites is 1. The van der Waals surface area contributed by atoms with Crippen molar-refractivity contribution in [2.75, 3.05) is 48.5 Å². The quantitative estimate of drug-likeness (QED) is 0.0581. The van der Waals surface area contributed by atoms with Gasteiger partial charge < -0.3 is 15.1 Å². The first kappa shape index (κ1) is 40.3. The molecule has 1 aliphatic heterocycles. The van der Waals surface area contributed by atoms with E-state index in [0.717, 1.165) is 38.5 Å². The normalized spacial score (nSPS) is 13.2. The molecule has 0 unspecified atom stereocenters. The molecule has 3 aromatic carbocycles. The maximum absolute atomic E-state index is 13.5. The molecule has 0 saturated carbocycles. The van der Waals surface area contributed by atoms with Crippen LogP contribution in [0.2, 0.25) is 0 Å². The average molecular weight is 838 g/mol. The Hall–Kier alpha value is -5.95. The number of carbonyl (C=O) groups is 2. The zero-order valence-corrected chi connectivity index (χ0v) is 33.9. The minimum absolute atomic E-state index is 0.0810. The van der Waals surface area contributed by atoms with E-state index >= 15 is 0 Å². The topological polar surface area (TPSA) is 193 Å². The van der Waals surface area contributed by atoms with Gasteiger partial charge in [0.1, 0.15) is 16.4 Å². The number of thioether (sulfide) groups is 1. The lowest BCUT2D eigenvalue weighted by Gasteiger charge is -2.31. The lowest BCUT2D eigenvalue weighted by Crippen LogP contribution is -2.34. The Balaban J connectivity index is 1.04. The summed E-state index contributed by atoms with van der Waals surface area (Å²) in [7, 11) is -0.752. The van der Waals surface area contributed by atoms with Gasteiger partial charge >= 0.3 is 5.69 Å². The molecule has 15 nitrogen and oxygen atoms in total. The number of thiazole rings is 1. The van der Waals surface area contributed by atoms with Crippen molar-refractivity contribution < 1.29 is 22.9 Å². The van der Waals surface area contributed by atoms with Crippen LogP contribution in [0.5, 0.6) is 0 Å². The first-order chi connectivity index (χ1) is 27.9. The van der Waals surface area contributed by atoms with E-state index in [9.17, 15) is 28.1 Å². The van der Waals surface area contributed by atoms with E-state index in [2.05, 4.69) is 25.6 Å². The number of pyridine rings is 2. The van der Waals surface area contributed by atoms with E-state index in [0.29, 0.717) is 54.7 Å². The number of nitro groups is 1. The van der Waals surface area contributed by atoms with Crippen molar-refractivity contribution in [2.24, 2.45) is 0 Å². The molecule has 1 aliphatic rings. The highest BCUT2D eigenvalue weighted by Crippen LogP contribution is 2.31. The van der Waals surface area contributed by atoms with Gasteiger partial charge in [-0.15, -0.1) is 11.8 Å². The molecule has 7 rings (SSSR count). The van der Waals surface area contributed by atoms with Crippen molar-refractivity contribution in [3.8, 4) is 0 Å². The molecule has 6 aromatic rings. The standard InChI is InChI=1S/C40H39N9O6S3/c1-47(2)20-19-27(25-56-28-11-4-3-5-12-28)42-37-34(49(52)53)22-29(23-41-37)58(54,55)46-39(51)33-15-9-17-36(43-33)48-21-18-26-10-8-13-30(31(26)24-48)38(50)45-40-44-32-14-6-7-16-35(32)57-40/h3-17,22-23,27H,18-21,24-25H2,1-2H3,(H,41,42)(H,46,51)(H,44,45,50)/t27-/m1/s1. The number of aromatic nitrogens is 3. The van der Waals surface area contributed by atoms with Gasteiger partial charge in [-0.1, -0.05) is 59.9 Å². The lowest BCUT2D eigenvalue weighted by atomic mass is 9.94. The van der Waals surface area contributed by atoms with Crippen LogP contribution in [0.25, 0.3) is 10.2 Å². The SMILES string of the molecule is CN(C)CC[C@H](CSc1ccccc1)Nc1ncc(S(=O)(=O)NC(=O)c2cccc(N3CCc4cccc(C(=O)Nc5nc6ccccc6s5)c4C3)n2)cc1[N+](=O)[O-]. The predicted molar refractivity (Wildman–Crippen MR) is 226 cm³/mol. The van der Waals surface area contributed by atoms with Gasteiger partial charge in [0.15, 0.2) is 5.13 Å². The Morgan fingerprint density at radius 3 is 2.53 bits per heavy atom. The van der Waals surface area contributed by atoms with Crippen molar-refractivity contribution in [3.63, 3.8) is 0 Å². The first-order valence-corrected chi connectivity index (χ1v) is 21.5. The van der Waals surface area contributed by atoms with Crippen LogP contribution in [-0.4, -0.2) is 84.0 Å². The molecule has 0 radical (unpaired) electrons. The van der Waals surface area contributed by atoms with Gasteiger partial charge in [-0.25, -0.2) is 28.1 Å². The van der Waals surface area contributed by atoms with Crippen LogP contribution in [-0.2, 0) is 23.0 Å².